The minimum Gasteiger partial charge on any atom is -0.433 e. The second-order valence-electron chi connectivity index (χ2n) is 7.78. The van der Waals surface area contributed by atoms with E-state index in [1.165, 1.54) is 18.2 Å². The topological polar surface area (TPSA) is 9.23 Å². The molecule has 3 rings (SSSR count). The Labute approximate surface area is 196 Å². The highest BCUT2D eigenvalue weighted by Crippen LogP contribution is 2.31. The molecule has 0 aliphatic carbocycles. The van der Waals surface area contributed by atoms with Gasteiger partial charge < -0.3 is 4.74 Å². The average molecular weight is 500 g/mol. The lowest BCUT2D eigenvalue weighted by Crippen LogP contribution is -2.25. The molecule has 0 aliphatic rings. The molecule has 0 radical (unpaired) electrons. The molecule has 3 aromatic rings. The van der Waals surface area contributed by atoms with Gasteiger partial charge in [0.05, 0.1) is 6.42 Å². The summed E-state index contributed by atoms with van der Waals surface area (Å²) in [6.45, 7) is 1.92. The van der Waals surface area contributed by atoms with Crippen LogP contribution >= 0.6 is 0 Å². The predicted molar refractivity (Wildman–Crippen MR) is 117 cm³/mol. The fourth-order valence-corrected chi connectivity index (χ4v) is 3.33. The van der Waals surface area contributed by atoms with Gasteiger partial charge in [0.1, 0.15) is 23.2 Å². The number of hydrogen-bond donors (Lipinski definition) is 0. The van der Waals surface area contributed by atoms with Crippen LogP contribution in [0.1, 0.15) is 30.0 Å². The summed E-state index contributed by atoms with van der Waals surface area (Å²) in [5, 5.41) is 0. The van der Waals surface area contributed by atoms with E-state index in [2.05, 4.69) is 0 Å². The summed E-state index contributed by atoms with van der Waals surface area (Å²) in [5.74, 6) is -3.56. The van der Waals surface area contributed by atoms with Crippen molar-refractivity contribution in [2.45, 2.75) is 38.5 Å². The molecule has 9 heteroatoms. The molecule has 0 saturated heterocycles. The Morgan fingerprint density at radius 1 is 0.771 bits per heavy atom. The predicted octanol–water partition coefficient (Wildman–Crippen LogP) is 8.51. The molecule has 0 bridgehead atoms. The van der Waals surface area contributed by atoms with Crippen molar-refractivity contribution in [2.24, 2.45) is 0 Å². The maximum Gasteiger partial charge on any atom is 0.409 e. The molecule has 0 amide bonds. The monoisotopic (exact) mass is 500 g/mol. The summed E-state index contributed by atoms with van der Waals surface area (Å²) in [5.41, 5.74) is -0.256. The van der Waals surface area contributed by atoms with Gasteiger partial charge in [-0.2, -0.15) is 22.0 Å². The van der Waals surface area contributed by atoms with Gasteiger partial charge in [0, 0.05) is 17.2 Å². The molecule has 35 heavy (non-hydrogen) atoms. The van der Waals surface area contributed by atoms with E-state index in [0.717, 1.165) is 24.1 Å². The fraction of sp³-hybridized carbons (Fsp3) is 0.231. The number of aryl methyl sites for hydroxylation is 2. The van der Waals surface area contributed by atoms with E-state index in [0.29, 0.717) is 12.1 Å². The van der Waals surface area contributed by atoms with Crippen molar-refractivity contribution in [1.29, 1.82) is 0 Å². The second-order valence-corrected chi connectivity index (χ2v) is 7.78. The fourth-order valence-electron chi connectivity index (χ4n) is 3.33. The molecule has 0 unspecified atom stereocenters. The van der Waals surface area contributed by atoms with Crippen LogP contribution in [0.2, 0.25) is 0 Å². The average Bonchev–Trinajstić information content (AvgIpc) is 2.76. The number of benzene rings is 3. The van der Waals surface area contributed by atoms with Gasteiger partial charge in [0.2, 0.25) is 0 Å². The highest BCUT2D eigenvalue weighted by atomic mass is 19.4. The van der Waals surface area contributed by atoms with Crippen LogP contribution in [0.15, 0.2) is 60.7 Å². The molecule has 0 aliphatic heterocycles. The summed E-state index contributed by atoms with van der Waals surface area (Å²) in [7, 11) is 0. The number of alkyl halides is 5. The first-order valence-corrected chi connectivity index (χ1v) is 10.6. The SMILES string of the molecule is CCc1ccc(OC(F)(F)CCc2ccc(-c3cc(F)c(/C=C/C(F)(F)F)c(F)c3)c(F)c2)cc1. The van der Waals surface area contributed by atoms with Crippen LogP contribution in [0.3, 0.4) is 0 Å². The number of rotatable bonds is 8. The standard InChI is InChI=1S/C26H20F8O/c1-2-16-3-6-19(7-4-16)35-26(33,34)12-9-17-5-8-20(22(27)13-17)18-14-23(28)21(24(29)15-18)10-11-25(30,31)32/h3-8,10-11,13-15H,2,9,12H2,1H3/b11-10+. The van der Waals surface area contributed by atoms with Crippen LogP contribution in [-0.2, 0) is 12.8 Å². The van der Waals surface area contributed by atoms with E-state index in [1.807, 2.05) is 6.92 Å². The molecule has 1 nitrogen and oxygen atoms in total. The lowest BCUT2D eigenvalue weighted by molar-refractivity contribution is -0.180. The third-order valence-electron chi connectivity index (χ3n) is 5.17. The Morgan fingerprint density at radius 3 is 1.91 bits per heavy atom. The lowest BCUT2D eigenvalue weighted by Gasteiger charge is -2.18. The summed E-state index contributed by atoms with van der Waals surface area (Å²) in [4.78, 5) is 0. The molecule has 0 atom stereocenters. The van der Waals surface area contributed by atoms with Gasteiger partial charge in [-0.25, -0.2) is 13.2 Å². The summed E-state index contributed by atoms with van der Waals surface area (Å²) in [6.07, 6.45) is -8.60. The van der Waals surface area contributed by atoms with E-state index >= 15 is 0 Å². The van der Waals surface area contributed by atoms with Crippen molar-refractivity contribution in [3.8, 4) is 16.9 Å². The molecule has 0 aromatic heterocycles. The quantitative estimate of drug-likeness (QED) is 0.282. The van der Waals surface area contributed by atoms with Crippen molar-refractivity contribution in [3.63, 3.8) is 0 Å². The maximum atomic E-state index is 14.6. The molecule has 0 heterocycles. The Bertz CT molecular complexity index is 1170. The summed E-state index contributed by atoms with van der Waals surface area (Å²) in [6, 6.07) is 11.0. The van der Waals surface area contributed by atoms with E-state index in [9.17, 15) is 35.1 Å². The Kier molecular flexibility index (Phi) is 7.87. The van der Waals surface area contributed by atoms with Gasteiger partial charge in [-0.3, -0.25) is 0 Å². The first-order valence-electron chi connectivity index (χ1n) is 10.6. The molecule has 0 spiro atoms. The summed E-state index contributed by atoms with van der Waals surface area (Å²) >= 11 is 0. The van der Waals surface area contributed by atoms with Crippen LogP contribution in [0, 0.1) is 17.5 Å². The molecular formula is C26H20F8O. The van der Waals surface area contributed by atoms with Crippen molar-refractivity contribution < 1.29 is 39.9 Å². The minimum atomic E-state index is -4.76. The van der Waals surface area contributed by atoms with Crippen LogP contribution in [0.4, 0.5) is 35.1 Å². The normalized spacial score (nSPS) is 12.4. The van der Waals surface area contributed by atoms with Crippen LogP contribution in [0.5, 0.6) is 5.75 Å². The van der Waals surface area contributed by atoms with Gasteiger partial charge in [0.25, 0.3) is 0 Å². The Hall–Kier alpha value is -3.36. The van der Waals surface area contributed by atoms with Gasteiger partial charge in [-0.15, -0.1) is 0 Å². The smallest absolute Gasteiger partial charge is 0.409 e. The second kappa shape index (κ2) is 10.5. The zero-order valence-electron chi connectivity index (χ0n) is 18.4. The minimum absolute atomic E-state index is 0.00805. The van der Waals surface area contributed by atoms with Gasteiger partial charge in [-0.1, -0.05) is 31.2 Å². The number of halogens is 8. The van der Waals surface area contributed by atoms with Crippen LogP contribution in [-0.4, -0.2) is 12.3 Å². The van der Waals surface area contributed by atoms with Crippen molar-refractivity contribution in [1.82, 2.24) is 0 Å². The van der Waals surface area contributed by atoms with Crippen molar-refractivity contribution in [3.05, 3.63) is 94.8 Å². The van der Waals surface area contributed by atoms with Crippen LogP contribution < -0.4 is 4.74 Å². The number of hydrogen-bond acceptors (Lipinski definition) is 1. The van der Waals surface area contributed by atoms with Crippen molar-refractivity contribution >= 4 is 6.08 Å². The number of allylic oxidation sites excluding steroid dienone is 1. The molecule has 3 aromatic carbocycles. The van der Waals surface area contributed by atoms with E-state index < -0.39 is 41.7 Å². The first-order chi connectivity index (χ1) is 16.4. The zero-order chi connectivity index (χ0) is 25.8. The third-order valence-corrected chi connectivity index (χ3v) is 5.17. The summed E-state index contributed by atoms with van der Waals surface area (Å²) < 4.78 is 113. The Morgan fingerprint density at radius 2 is 1.37 bits per heavy atom. The van der Waals surface area contributed by atoms with E-state index in [-0.39, 0.29) is 41.0 Å². The van der Waals surface area contributed by atoms with Crippen molar-refractivity contribution in [2.75, 3.05) is 0 Å². The molecule has 0 saturated carbocycles. The largest absolute Gasteiger partial charge is 0.433 e. The highest BCUT2D eigenvalue weighted by molar-refractivity contribution is 5.67. The van der Waals surface area contributed by atoms with E-state index in [1.54, 1.807) is 12.1 Å². The van der Waals surface area contributed by atoms with Gasteiger partial charge in [0.15, 0.2) is 0 Å². The third kappa shape index (κ3) is 7.31. The lowest BCUT2D eigenvalue weighted by atomic mass is 9.99. The Balaban J connectivity index is 1.72. The first kappa shape index (κ1) is 26.2. The number of ether oxygens (including phenoxy) is 1. The molecular weight excluding hydrogens is 480 g/mol. The van der Waals surface area contributed by atoms with Gasteiger partial charge in [-0.05, 0) is 65.9 Å². The van der Waals surface area contributed by atoms with Crippen LogP contribution in [0.25, 0.3) is 17.2 Å². The molecule has 0 fully saturated rings. The molecule has 0 N–H and O–H groups in total. The molecule has 186 valence electrons. The zero-order valence-corrected chi connectivity index (χ0v) is 18.4. The maximum absolute atomic E-state index is 14.6. The highest BCUT2D eigenvalue weighted by Gasteiger charge is 2.31. The van der Waals surface area contributed by atoms with Gasteiger partial charge >= 0.3 is 12.3 Å². The van der Waals surface area contributed by atoms with E-state index in [4.69, 9.17) is 4.74 Å².